The maximum absolute atomic E-state index is 13.3. The lowest BCUT2D eigenvalue weighted by Crippen LogP contribution is -2.62. The van der Waals surface area contributed by atoms with Gasteiger partial charge in [-0.1, -0.05) is 24.3 Å². The van der Waals surface area contributed by atoms with Gasteiger partial charge in [-0.25, -0.2) is 4.98 Å². The Hall–Kier alpha value is -3.52. The van der Waals surface area contributed by atoms with Crippen molar-refractivity contribution in [3.63, 3.8) is 0 Å². The third-order valence-electron chi connectivity index (χ3n) is 6.37. The largest absolute Gasteiger partial charge is 0.326 e. The Balaban J connectivity index is 1.32. The first-order valence-corrected chi connectivity index (χ1v) is 11.8. The van der Waals surface area contributed by atoms with Crippen molar-refractivity contribution in [3.05, 3.63) is 64.5 Å². The van der Waals surface area contributed by atoms with E-state index in [2.05, 4.69) is 10.3 Å². The van der Waals surface area contributed by atoms with Crippen LogP contribution in [-0.4, -0.2) is 39.8 Å². The van der Waals surface area contributed by atoms with Crippen LogP contribution in [0.3, 0.4) is 0 Å². The van der Waals surface area contributed by atoms with Gasteiger partial charge in [-0.15, -0.1) is 11.3 Å². The lowest BCUT2D eigenvalue weighted by Gasteiger charge is -2.48. The fraction of sp³-hybridized carbons (Fsp3) is 0.280. The van der Waals surface area contributed by atoms with Crippen LogP contribution in [0.4, 0.5) is 11.4 Å². The Morgan fingerprint density at radius 2 is 2.00 bits per heavy atom. The molecule has 1 N–H and O–H groups in total. The summed E-state index contributed by atoms with van der Waals surface area (Å²) in [6.07, 6.45) is 1.05. The molecule has 3 heterocycles. The van der Waals surface area contributed by atoms with Gasteiger partial charge in [0, 0.05) is 36.0 Å². The summed E-state index contributed by atoms with van der Waals surface area (Å²) >= 11 is 1.58. The van der Waals surface area contributed by atoms with Crippen LogP contribution in [0, 0.1) is 6.92 Å². The van der Waals surface area contributed by atoms with Gasteiger partial charge in [-0.05, 0) is 44.5 Å². The topological polar surface area (TPSA) is 82.6 Å². The summed E-state index contributed by atoms with van der Waals surface area (Å²) in [6, 6.07) is 14.8. The molecule has 5 rings (SSSR count). The van der Waals surface area contributed by atoms with Crippen molar-refractivity contribution in [1.29, 1.82) is 0 Å². The van der Waals surface area contributed by atoms with Crippen molar-refractivity contribution in [1.82, 2.24) is 9.88 Å². The molecule has 2 aliphatic heterocycles. The average molecular weight is 461 g/mol. The number of amides is 3. The summed E-state index contributed by atoms with van der Waals surface area (Å²) in [5.41, 5.74) is 2.89. The molecule has 1 aromatic heterocycles. The number of aromatic nitrogens is 1. The van der Waals surface area contributed by atoms with Crippen LogP contribution in [0.15, 0.2) is 53.9 Å². The molecule has 0 aliphatic carbocycles. The zero-order valence-corrected chi connectivity index (χ0v) is 19.3. The number of thiazole rings is 1. The minimum absolute atomic E-state index is 0.000919. The molecule has 0 saturated carbocycles. The van der Waals surface area contributed by atoms with Gasteiger partial charge in [-0.2, -0.15) is 0 Å². The van der Waals surface area contributed by atoms with Crippen LogP contribution >= 0.6 is 11.3 Å². The van der Waals surface area contributed by atoms with E-state index in [1.165, 1.54) is 0 Å². The van der Waals surface area contributed by atoms with E-state index in [1.807, 2.05) is 55.6 Å². The van der Waals surface area contributed by atoms with Crippen molar-refractivity contribution < 1.29 is 14.4 Å². The van der Waals surface area contributed by atoms with Gasteiger partial charge >= 0.3 is 0 Å². The molecule has 7 nitrogen and oxygen atoms in total. The predicted octanol–water partition coefficient (Wildman–Crippen LogP) is 4.45. The lowest BCUT2D eigenvalue weighted by atomic mass is 9.98. The van der Waals surface area contributed by atoms with E-state index in [4.69, 9.17) is 0 Å². The molecule has 168 valence electrons. The number of benzene rings is 2. The minimum Gasteiger partial charge on any atom is -0.326 e. The highest BCUT2D eigenvalue weighted by molar-refractivity contribution is 7.09. The van der Waals surface area contributed by atoms with Crippen LogP contribution in [-0.2, 0) is 9.59 Å². The van der Waals surface area contributed by atoms with Crippen LogP contribution in [0.5, 0.6) is 0 Å². The zero-order chi connectivity index (χ0) is 23.2. The summed E-state index contributed by atoms with van der Waals surface area (Å²) in [7, 11) is 0. The Labute approximate surface area is 196 Å². The number of carbonyl (C=O) groups excluding carboxylic acids is 3. The number of carbonyl (C=O) groups is 3. The SMILES string of the molecule is Cc1nc(-c2cccc(NC(=O)CCN3C(=O)c4ccccc4N4C(=O)CCC34C)c2)cs1. The fourth-order valence-corrected chi connectivity index (χ4v) is 5.35. The van der Waals surface area contributed by atoms with E-state index in [0.29, 0.717) is 29.8 Å². The Morgan fingerprint density at radius 3 is 2.79 bits per heavy atom. The summed E-state index contributed by atoms with van der Waals surface area (Å²) < 4.78 is 0. The summed E-state index contributed by atoms with van der Waals surface area (Å²) in [5, 5.41) is 5.91. The lowest BCUT2D eigenvalue weighted by molar-refractivity contribution is -0.117. The first kappa shape index (κ1) is 21.3. The van der Waals surface area contributed by atoms with E-state index in [9.17, 15) is 14.4 Å². The van der Waals surface area contributed by atoms with E-state index in [0.717, 1.165) is 16.3 Å². The third-order valence-corrected chi connectivity index (χ3v) is 7.14. The second-order valence-corrected chi connectivity index (χ2v) is 9.61. The average Bonchev–Trinajstić information content (AvgIpc) is 3.37. The number of fused-ring (bicyclic) bond motifs is 3. The maximum Gasteiger partial charge on any atom is 0.257 e. The highest BCUT2D eigenvalue weighted by atomic mass is 32.1. The van der Waals surface area contributed by atoms with E-state index >= 15 is 0 Å². The van der Waals surface area contributed by atoms with Gasteiger partial charge in [0.05, 0.1) is 22.0 Å². The van der Waals surface area contributed by atoms with Crippen LogP contribution in [0.2, 0.25) is 0 Å². The molecule has 8 heteroatoms. The monoisotopic (exact) mass is 460 g/mol. The zero-order valence-electron chi connectivity index (χ0n) is 18.5. The first-order valence-electron chi connectivity index (χ1n) is 10.9. The van der Waals surface area contributed by atoms with E-state index in [1.54, 1.807) is 33.3 Å². The number of aryl methyl sites for hydroxylation is 1. The van der Waals surface area contributed by atoms with Gasteiger partial charge in [0.25, 0.3) is 5.91 Å². The number of rotatable bonds is 5. The normalized spacial score (nSPS) is 19.5. The van der Waals surface area contributed by atoms with Crippen LogP contribution in [0.25, 0.3) is 11.3 Å². The van der Waals surface area contributed by atoms with Crippen molar-refractivity contribution in [2.45, 2.75) is 38.8 Å². The molecule has 1 atom stereocenters. The molecule has 1 unspecified atom stereocenters. The summed E-state index contributed by atoms with van der Waals surface area (Å²) in [5.74, 6) is -0.332. The number of anilines is 2. The second kappa shape index (κ2) is 8.12. The van der Waals surface area contributed by atoms with Gasteiger partial charge in [0.1, 0.15) is 5.66 Å². The van der Waals surface area contributed by atoms with Crippen molar-refractivity contribution in [3.8, 4) is 11.3 Å². The Morgan fingerprint density at radius 1 is 1.18 bits per heavy atom. The van der Waals surface area contributed by atoms with Gasteiger partial charge in [0.2, 0.25) is 11.8 Å². The molecule has 3 amide bonds. The van der Waals surface area contributed by atoms with Crippen LogP contribution in [0.1, 0.15) is 41.6 Å². The Kier molecular flexibility index (Phi) is 5.25. The molecule has 0 spiro atoms. The summed E-state index contributed by atoms with van der Waals surface area (Å²) in [4.78, 5) is 46.6. The van der Waals surface area contributed by atoms with E-state index in [-0.39, 0.29) is 30.7 Å². The molecule has 0 bridgehead atoms. The molecular formula is C25H24N4O3S. The molecule has 1 fully saturated rings. The molecule has 0 radical (unpaired) electrons. The van der Waals surface area contributed by atoms with Gasteiger partial charge in [0.15, 0.2) is 0 Å². The fourth-order valence-electron chi connectivity index (χ4n) is 4.73. The van der Waals surface area contributed by atoms with E-state index < -0.39 is 5.66 Å². The van der Waals surface area contributed by atoms with Gasteiger partial charge in [-0.3, -0.25) is 19.3 Å². The second-order valence-electron chi connectivity index (χ2n) is 8.55. The van der Waals surface area contributed by atoms with Crippen molar-refractivity contribution >= 4 is 40.4 Å². The molecule has 1 saturated heterocycles. The number of nitrogens with one attached hydrogen (secondary N) is 1. The van der Waals surface area contributed by atoms with Crippen LogP contribution < -0.4 is 10.2 Å². The predicted molar refractivity (Wildman–Crippen MR) is 128 cm³/mol. The summed E-state index contributed by atoms with van der Waals surface area (Å²) in [6.45, 7) is 4.09. The standard InChI is InChI=1S/C25H24N4O3S/c1-16-26-20(15-33-16)17-6-5-7-18(14-17)27-22(30)11-13-28-24(32)19-8-3-4-9-21(19)29-23(31)10-12-25(28,29)2/h3-9,14-15H,10-13H2,1-2H3,(H,27,30). The van der Waals surface area contributed by atoms with Gasteiger partial charge < -0.3 is 10.2 Å². The number of hydrogen-bond acceptors (Lipinski definition) is 5. The maximum atomic E-state index is 13.3. The molecule has 2 aliphatic rings. The molecule has 2 aromatic carbocycles. The quantitative estimate of drug-likeness (QED) is 0.610. The molecule has 33 heavy (non-hydrogen) atoms. The highest BCUT2D eigenvalue weighted by Gasteiger charge is 2.52. The number of nitrogens with zero attached hydrogens (tertiary/aromatic N) is 3. The van der Waals surface area contributed by atoms with Crippen molar-refractivity contribution in [2.24, 2.45) is 0 Å². The number of para-hydroxylation sites is 1. The third kappa shape index (κ3) is 3.70. The molecular weight excluding hydrogens is 436 g/mol. The number of hydrogen-bond donors (Lipinski definition) is 1. The minimum atomic E-state index is -0.759. The first-order chi connectivity index (χ1) is 15.9. The molecule has 3 aromatic rings. The highest BCUT2D eigenvalue weighted by Crippen LogP contribution is 2.44. The smallest absolute Gasteiger partial charge is 0.257 e. The van der Waals surface area contributed by atoms with Crippen molar-refractivity contribution in [2.75, 3.05) is 16.8 Å². The Bertz CT molecular complexity index is 1270.